The maximum atomic E-state index is 5.62. The molecule has 7 heteroatoms. The van der Waals surface area contributed by atoms with Crippen LogP contribution in [0.25, 0.3) is 0 Å². The quantitative estimate of drug-likeness (QED) is 0.385. The van der Waals surface area contributed by atoms with Crippen molar-refractivity contribution in [2.45, 2.75) is 71.4 Å². The number of aromatic nitrogens is 3. The van der Waals surface area contributed by atoms with Crippen LogP contribution in [0, 0.1) is 6.92 Å². The van der Waals surface area contributed by atoms with E-state index in [1.165, 1.54) is 32.1 Å². The van der Waals surface area contributed by atoms with Crippen LogP contribution in [0.2, 0.25) is 0 Å². The van der Waals surface area contributed by atoms with Crippen LogP contribution in [-0.2, 0) is 18.3 Å². The van der Waals surface area contributed by atoms with Gasteiger partial charge in [0.25, 0.3) is 0 Å². The summed E-state index contributed by atoms with van der Waals surface area (Å²) in [7, 11) is 1.98. The molecule has 1 aromatic heterocycles. The first-order valence-corrected chi connectivity index (χ1v) is 9.68. The van der Waals surface area contributed by atoms with Crippen molar-refractivity contribution >= 4 is 5.96 Å². The topological polar surface area (TPSA) is 76.4 Å². The number of nitrogens with one attached hydrogen (secondary N) is 2. The van der Waals surface area contributed by atoms with E-state index in [4.69, 9.17) is 9.73 Å². The van der Waals surface area contributed by atoms with Crippen molar-refractivity contribution in [3.8, 4) is 0 Å². The van der Waals surface area contributed by atoms with E-state index in [-0.39, 0.29) is 0 Å². The van der Waals surface area contributed by atoms with E-state index in [2.05, 4.69) is 27.8 Å². The molecule has 0 radical (unpaired) electrons. The number of ether oxygens (including phenoxy) is 1. The summed E-state index contributed by atoms with van der Waals surface area (Å²) in [6.07, 6.45) is 8.37. The molecule has 0 unspecified atom stereocenters. The highest BCUT2D eigenvalue weighted by molar-refractivity contribution is 5.80. The maximum Gasteiger partial charge on any atom is 0.191 e. The van der Waals surface area contributed by atoms with Crippen molar-refractivity contribution < 1.29 is 4.74 Å². The first-order chi connectivity index (χ1) is 12.2. The van der Waals surface area contributed by atoms with Crippen molar-refractivity contribution in [3.63, 3.8) is 0 Å². The van der Waals surface area contributed by atoms with E-state index in [1.807, 2.05) is 18.5 Å². The molecule has 1 fully saturated rings. The lowest BCUT2D eigenvalue weighted by Crippen LogP contribution is -2.43. The Kier molecular flexibility index (Phi) is 8.72. The van der Waals surface area contributed by atoms with Crippen LogP contribution in [-0.4, -0.2) is 46.5 Å². The zero-order valence-electron chi connectivity index (χ0n) is 16.1. The van der Waals surface area contributed by atoms with Crippen molar-refractivity contribution in [2.75, 3.05) is 19.8 Å². The second-order valence-electron chi connectivity index (χ2n) is 6.76. The Hall–Kier alpha value is -1.63. The molecule has 0 bridgehead atoms. The molecule has 25 heavy (non-hydrogen) atoms. The molecule has 0 saturated heterocycles. The van der Waals surface area contributed by atoms with Crippen molar-refractivity contribution in [1.82, 2.24) is 25.4 Å². The van der Waals surface area contributed by atoms with Crippen LogP contribution in [0.1, 0.15) is 63.5 Å². The Morgan fingerprint density at radius 1 is 1.24 bits per heavy atom. The normalized spacial score (nSPS) is 15.7. The summed E-state index contributed by atoms with van der Waals surface area (Å²) in [6.45, 7) is 7.19. The van der Waals surface area contributed by atoms with Gasteiger partial charge in [-0.3, -0.25) is 0 Å². The number of nitrogens with zero attached hydrogens (tertiary/aromatic N) is 4. The van der Waals surface area contributed by atoms with Gasteiger partial charge in [-0.25, -0.2) is 4.99 Å². The minimum absolute atomic E-state index is 0.534. The SMILES string of the molecule is CCCCOCCCNC(=NCc1nnc(C)n1C)NC1CCCC1. The lowest BCUT2D eigenvalue weighted by molar-refractivity contribution is 0.129. The smallest absolute Gasteiger partial charge is 0.191 e. The molecule has 7 nitrogen and oxygen atoms in total. The van der Waals surface area contributed by atoms with Crippen LogP contribution in [0.3, 0.4) is 0 Å². The molecular weight excluding hydrogens is 316 g/mol. The van der Waals surface area contributed by atoms with Gasteiger partial charge in [-0.1, -0.05) is 26.2 Å². The molecule has 0 spiro atoms. The van der Waals surface area contributed by atoms with Gasteiger partial charge in [-0.05, 0) is 32.6 Å². The number of aliphatic imine (C=N–C) groups is 1. The lowest BCUT2D eigenvalue weighted by Gasteiger charge is -2.17. The summed E-state index contributed by atoms with van der Waals surface area (Å²) in [5, 5.41) is 15.3. The fraction of sp³-hybridized carbons (Fsp3) is 0.833. The van der Waals surface area contributed by atoms with Gasteiger partial charge >= 0.3 is 0 Å². The van der Waals surface area contributed by atoms with Crippen LogP contribution in [0.4, 0.5) is 0 Å². The molecule has 1 heterocycles. The van der Waals surface area contributed by atoms with Crippen molar-refractivity contribution in [1.29, 1.82) is 0 Å². The number of hydrogen-bond acceptors (Lipinski definition) is 4. The van der Waals surface area contributed by atoms with Crippen molar-refractivity contribution in [2.24, 2.45) is 12.0 Å². The van der Waals surface area contributed by atoms with Gasteiger partial charge in [0, 0.05) is 32.8 Å². The molecule has 142 valence electrons. The second kappa shape index (κ2) is 11.1. The molecule has 2 rings (SSSR count). The molecule has 0 aromatic carbocycles. The van der Waals surface area contributed by atoms with E-state index in [0.717, 1.165) is 50.2 Å². The predicted octanol–water partition coefficient (Wildman–Crippen LogP) is 2.31. The highest BCUT2D eigenvalue weighted by Crippen LogP contribution is 2.17. The fourth-order valence-corrected chi connectivity index (χ4v) is 2.88. The Morgan fingerprint density at radius 2 is 2.00 bits per heavy atom. The minimum atomic E-state index is 0.534. The maximum absolute atomic E-state index is 5.62. The fourth-order valence-electron chi connectivity index (χ4n) is 2.88. The number of rotatable bonds is 10. The standard InChI is InChI=1S/C18H34N6O/c1-4-5-12-25-13-8-11-19-18(21-16-9-6-7-10-16)20-14-17-23-22-15(2)24(17)3/h16H,4-14H2,1-3H3,(H2,19,20,21). The van der Waals surface area contributed by atoms with Gasteiger partial charge in [0.1, 0.15) is 12.4 Å². The molecule has 0 aliphatic heterocycles. The van der Waals surface area contributed by atoms with Gasteiger partial charge in [0.15, 0.2) is 11.8 Å². The van der Waals surface area contributed by atoms with Gasteiger partial charge in [0.2, 0.25) is 0 Å². The van der Waals surface area contributed by atoms with Gasteiger partial charge in [-0.15, -0.1) is 10.2 Å². The summed E-state index contributed by atoms with van der Waals surface area (Å²) >= 11 is 0. The summed E-state index contributed by atoms with van der Waals surface area (Å²) in [4.78, 5) is 4.71. The van der Waals surface area contributed by atoms with E-state index in [1.54, 1.807) is 0 Å². The molecule has 1 aliphatic rings. The number of aryl methyl sites for hydroxylation is 1. The van der Waals surface area contributed by atoms with Crippen LogP contribution < -0.4 is 10.6 Å². The molecule has 1 aromatic rings. The zero-order valence-corrected chi connectivity index (χ0v) is 16.1. The molecule has 0 amide bonds. The highest BCUT2D eigenvalue weighted by Gasteiger charge is 2.16. The minimum Gasteiger partial charge on any atom is -0.381 e. The first kappa shape index (κ1) is 19.7. The monoisotopic (exact) mass is 350 g/mol. The molecule has 1 saturated carbocycles. The first-order valence-electron chi connectivity index (χ1n) is 9.68. The van der Waals surface area contributed by atoms with E-state index in [9.17, 15) is 0 Å². The lowest BCUT2D eigenvalue weighted by atomic mass is 10.2. The molecule has 0 atom stereocenters. The summed E-state index contributed by atoms with van der Waals surface area (Å²) in [5.41, 5.74) is 0. The largest absolute Gasteiger partial charge is 0.381 e. The average molecular weight is 351 g/mol. The Labute approximate surface area is 151 Å². The number of guanidine groups is 1. The Morgan fingerprint density at radius 3 is 2.68 bits per heavy atom. The van der Waals surface area contributed by atoms with Crippen LogP contribution in [0.5, 0.6) is 0 Å². The van der Waals surface area contributed by atoms with Crippen molar-refractivity contribution in [3.05, 3.63) is 11.6 Å². The molecular formula is C18H34N6O. The van der Waals surface area contributed by atoms with Crippen LogP contribution >= 0.6 is 0 Å². The average Bonchev–Trinajstić information content (AvgIpc) is 3.23. The third-order valence-corrected chi connectivity index (χ3v) is 4.66. The summed E-state index contributed by atoms with van der Waals surface area (Å²) in [5.74, 6) is 2.67. The number of hydrogen-bond donors (Lipinski definition) is 2. The zero-order chi connectivity index (χ0) is 17.9. The van der Waals surface area contributed by atoms with E-state index < -0.39 is 0 Å². The van der Waals surface area contributed by atoms with Gasteiger partial charge in [-0.2, -0.15) is 0 Å². The highest BCUT2D eigenvalue weighted by atomic mass is 16.5. The third kappa shape index (κ3) is 7.02. The molecule has 2 N–H and O–H groups in total. The van der Waals surface area contributed by atoms with Crippen LogP contribution in [0.15, 0.2) is 4.99 Å². The summed E-state index contributed by atoms with van der Waals surface area (Å²) < 4.78 is 7.60. The van der Waals surface area contributed by atoms with Gasteiger partial charge < -0.3 is 19.9 Å². The second-order valence-corrected chi connectivity index (χ2v) is 6.76. The Bertz CT molecular complexity index is 522. The Balaban J connectivity index is 1.79. The van der Waals surface area contributed by atoms with E-state index in [0.29, 0.717) is 12.6 Å². The van der Waals surface area contributed by atoms with Gasteiger partial charge in [0.05, 0.1) is 0 Å². The summed E-state index contributed by atoms with van der Waals surface area (Å²) in [6, 6.07) is 0.535. The predicted molar refractivity (Wildman–Crippen MR) is 101 cm³/mol. The molecule has 1 aliphatic carbocycles. The number of unbranched alkanes of at least 4 members (excludes halogenated alkanes) is 1. The third-order valence-electron chi connectivity index (χ3n) is 4.66. The van der Waals surface area contributed by atoms with E-state index >= 15 is 0 Å².